The van der Waals surface area contributed by atoms with E-state index in [-0.39, 0.29) is 167 Å². The number of carbonyl (C=O) groups excluding carboxylic acids is 5. The van der Waals surface area contributed by atoms with E-state index < -0.39 is 83.4 Å². The van der Waals surface area contributed by atoms with Gasteiger partial charge in [-0.05, 0) is 0 Å². The van der Waals surface area contributed by atoms with E-state index in [1.165, 1.54) is 41.5 Å². The van der Waals surface area contributed by atoms with Crippen molar-refractivity contribution in [1.29, 1.82) is 0 Å². The second-order valence-corrected chi connectivity index (χ2v) is 12.0. The van der Waals surface area contributed by atoms with Crippen molar-refractivity contribution in [3.8, 4) is 0 Å². The predicted molar refractivity (Wildman–Crippen MR) is 176 cm³/mol. The number of amides is 3. The summed E-state index contributed by atoms with van der Waals surface area (Å²) in [5.74, 6) is -5.04. The standard InChI is InChI=1S/C18H32N2O9.C9H17NO5.3Ca.6H/c1-17(2,9-21)13(25)15(27)19-7-5-11(23)29-12(24)6-8-20-16(28)14(26)18(3,4)10-22;1-9(2,5-11)7(14)8(15)10-4-3-6(12)13;;;;;;;;;/h13-14,21-22,25-26H,5-10H2,1-4H3,(H,19,27)(H,20,28);7,11,14H,3-5H2,1-2H3,(H,10,15)(H,12,13);;;;;;;;;/q;;3*+2;6*-1/t13-,14-;7-;;;;;;;;;/m00........./s1. The molecule has 0 aromatic rings. The zero-order chi connectivity index (χ0) is 34.9. The molecule has 0 rings (SSSR count). The zero-order valence-electron chi connectivity index (χ0n) is 34.2. The molecule has 0 fully saturated rings. The van der Waals surface area contributed by atoms with Gasteiger partial charge in [0, 0.05) is 35.9 Å². The van der Waals surface area contributed by atoms with E-state index >= 15 is 0 Å². The van der Waals surface area contributed by atoms with Gasteiger partial charge in [0.1, 0.15) is 18.3 Å². The largest absolute Gasteiger partial charge is 2.00 e. The van der Waals surface area contributed by atoms with E-state index in [9.17, 15) is 44.1 Å². The van der Waals surface area contributed by atoms with Gasteiger partial charge >= 0.3 is 131 Å². The van der Waals surface area contributed by atoms with Crippen LogP contribution in [0, 0.1) is 16.2 Å². The summed E-state index contributed by atoms with van der Waals surface area (Å²) in [6.07, 6.45) is -5.13. The van der Waals surface area contributed by atoms with E-state index in [1.807, 2.05) is 0 Å². The fourth-order valence-electron chi connectivity index (χ4n) is 2.71. The molecule has 0 bridgehead atoms. The van der Waals surface area contributed by atoms with Crippen molar-refractivity contribution in [2.75, 3.05) is 39.5 Å². The van der Waals surface area contributed by atoms with Crippen LogP contribution in [0.25, 0.3) is 0 Å². The normalized spacial score (nSPS) is 12.9. The van der Waals surface area contributed by atoms with Crippen molar-refractivity contribution in [2.45, 2.75) is 79.1 Å². The molecule has 0 aliphatic heterocycles. The van der Waals surface area contributed by atoms with Gasteiger partial charge in [0.2, 0.25) is 17.7 Å². The number of carbonyl (C=O) groups is 6. The van der Waals surface area contributed by atoms with Crippen molar-refractivity contribution in [3.05, 3.63) is 0 Å². The molecule has 0 unspecified atom stereocenters. The van der Waals surface area contributed by atoms with Crippen LogP contribution in [0.3, 0.4) is 0 Å². The maximum absolute atomic E-state index is 11.7. The number of aliphatic hydroxyl groups excluding tert-OH is 6. The SMILES string of the molecule is CC(C)(CO)[C@@H](O)C(=O)NCCC(=O)O.CC(C)(CO)[C@@H](O)C(=O)NCCC(=O)OC(=O)CCNC(=O)[C@H](O)C(C)(C)CO.[Ca+2].[Ca+2].[Ca+2].[H-].[H-].[H-].[H-].[H-].[H-]. The van der Waals surface area contributed by atoms with E-state index in [0.717, 1.165) is 0 Å². The molecule has 0 aromatic heterocycles. The van der Waals surface area contributed by atoms with Gasteiger partial charge in [0.15, 0.2) is 0 Å². The van der Waals surface area contributed by atoms with Gasteiger partial charge in [-0.2, -0.15) is 0 Å². The Labute approximate surface area is 373 Å². The number of nitrogens with one attached hydrogen (secondary N) is 3. The molecule has 20 heteroatoms. The predicted octanol–water partition coefficient (Wildman–Crippen LogP) is -3.68. The molecule has 3 atom stereocenters. The summed E-state index contributed by atoms with van der Waals surface area (Å²) < 4.78 is 4.53. The number of esters is 2. The van der Waals surface area contributed by atoms with E-state index in [1.54, 1.807) is 0 Å². The third-order valence-electron chi connectivity index (χ3n) is 6.31. The Morgan fingerprint density at radius 2 is 0.787 bits per heavy atom. The number of aliphatic hydroxyl groups is 6. The van der Waals surface area contributed by atoms with Crippen LogP contribution >= 0.6 is 0 Å². The van der Waals surface area contributed by atoms with Crippen molar-refractivity contribution in [1.82, 2.24) is 16.0 Å². The quantitative estimate of drug-likeness (QED) is 0.0366. The van der Waals surface area contributed by atoms with Gasteiger partial charge in [-0.3, -0.25) is 28.8 Å². The molecule has 0 heterocycles. The van der Waals surface area contributed by atoms with Crippen LogP contribution in [0.2, 0.25) is 0 Å². The van der Waals surface area contributed by atoms with Gasteiger partial charge in [-0.25, -0.2) is 0 Å². The molecule has 268 valence electrons. The molecule has 0 aromatic carbocycles. The molecule has 3 amide bonds. The van der Waals surface area contributed by atoms with E-state index in [2.05, 4.69) is 20.7 Å². The summed E-state index contributed by atoms with van der Waals surface area (Å²) in [6.45, 7) is 7.49. The average Bonchev–Trinajstić information content (AvgIpc) is 2.95. The van der Waals surface area contributed by atoms with Crippen molar-refractivity contribution in [3.63, 3.8) is 0 Å². The number of aliphatic carboxylic acids is 1. The molecule has 0 aliphatic rings. The summed E-state index contributed by atoms with van der Waals surface area (Å²) in [7, 11) is 0. The summed E-state index contributed by atoms with van der Waals surface area (Å²) in [5, 5.41) is 71.4. The molecular weight excluding hydrogens is 711 g/mol. The number of hydrogen-bond donors (Lipinski definition) is 10. The fourth-order valence-corrected chi connectivity index (χ4v) is 2.71. The molecule has 0 radical (unpaired) electrons. The Morgan fingerprint density at radius 1 is 0.553 bits per heavy atom. The van der Waals surface area contributed by atoms with Crippen LogP contribution in [0.1, 0.15) is 69.4 Å². The van der Waals surface area contributed by atoms with Crippen molar-refractivity contribution < 1.29 is 77.8 Å². The Hall–Kier alpha value is 0.559. The number of ether oxygens (including phenoxy) is 1. The number of carboxylic acid groups (broad SMARTS) is 1. The van der Waals surface area contributed by atoms with Gasteiger partial charge in [0.25, 0.3) is 0 Å². The molecule has 0 saturated heterocycles. The van der Waals surface area contributed by atoms with Crippen LogP contribution in [0.5, 0.6) is 0 Å². The molecule has 0 saturated carbocycles. The smallest absolute Gasteiger partial charge is 1.00 e. The Bertz CT molecular complexity index is 961. The first-order valence-corrected chi connectivity index (χ1v) is 13.7. The van der Waals surface area contributed by atoms with Crippen LogP contribution in [0.15, 0.2) is 0 Å². The number of carboxylic acids is 1. The third kappa shape index (κ3) is 24.4. The molecule has 47 heavy (non-hydrogen) atoms. The summed E-state index contributed by atoms with van der Waals surface area (Å²) in [5.41, 5.74) is -3.04. The maximum Gasteiger partial charge on any atom is 2.00 e. The van der Waals surface area contributed by atoms with Crippen LogP contribution < -0.4 is 16.0 Å². The topological polar surface area (TPSA) is 289 Å². The van der Waals surface area contributed by atoms with Gasteiger partial charge < -0.3 is 65.0 Å². The second kappa shape index (κ2) is 28.2. The third-order valence-corrected chi connectivity index (χ3v) is 6.31. The second-order valence-electron chi connectivity index (χ2n) is 12.0. The van der Waals surface area contributed by atoms with Crippen LogP contribution in [-0.2, 0) is 33.5 Å². The first kappa shape index (κ1) is 56.9. The molecular formula is C27H55Ca3N3O14. The van der Waals surface area contributed by atoms with E-state index in [0.29, 0.717) is 0 Å². The molecule has 0 spiro atoms. The Morgan fingerprint density at radius 3 is 1.00 bits per heavy atom. The Kier molecular flexibility index (Phi) is 34.1. The molecule has 0 aliphatic carbocycles. The Balaban J connectivity index is -0.0000000716. The average molecular weight is 766 g/mol. The molecule has 17 nitrogen and oxygen atoms in total. The zero-order valence-corrected chi connectivity index (χ0v) is 34.8. The summed E-state index contributed by atoms with van der Waals surface area (Å²) >= 11 is 0. The fraction of sp³-hybridized carbons (Fsp3) is 0.778. The minimum atomic E-state index is -1.47. The number of rotatable bonds is 18. The monoisotopic (exact) mass is 765 g/mol. The van der Waals surface area contributed by atoms with Crippen molar-refractivity contribution in [2.24, 2.45) is 16.2 Å². The van der Waals surface area contributed by atoms with Crippen molar-refractivity contribution >= 4 is 149 Å². The van der Waals surface area contributed by atoms with Crippen LogP contribution in [0.4, 0.5) is 0 Å². The van der Waals surface area contributed by atoms with Gasteiger partial charge in [0.05, 0.1) is 39.1 Å². The maximum atomic E-state index is 11.7. The summed E-state index contributed by atoms with van der Waals surface area (Å²) in [4.78, 5) is 68.1. The summed E-state index contributed by atoms with van der Waals surface area (Å²) in [6, 6.07) is 0. The first-order valence-electron chi connectivity index (χ1n) is 13.7. The van der Waals surface area contributed by atoms with Crippen LogP contribution in [-0.4, -0.2) is 242 Å². The molecule has 10 N–H and O–H groups in total. The first-order chi connectivity index (χ1) is 20.1. The van der Waals surface area contributed by atoms with Gasteiger partial charge in [-0.15, -0.1) is 0 Å². The van der Waals surface area contributed by atoms with E-state index in [4.69, 9.17) is 20.4 Å². The minimum absolute atomic E-state index is 0. The minimum Gasteiger partial charge on any atom is -1.00 e. The van der Waals surface area contributed by atoms with Gasteiger partial charge in [-0.1, -0.05) is 41.5 Å². The number of hydrogen-bond acceptors (Lipinski definition) is 13.